The van der Waals surface area contributed by atoms with Crippen LogP contribution in [0, 0.1) is 0 Å². The Morgan fingerprint density at radius 3 is 1.57 bits per heavy atom. The first-order valence-corrected chi connectivity index (χ1v) is 13.9. The van der Waals surface area contributed by atoms with Crippen molar-refractivity contribution >= 4 is 43.1 Å². The largest absolute Gasteiger partial charge is 0.0616 e. The van der Waals surface area contributed by atoms with E-state index in [1.54, 1.807) is 0 Å². The minimum Gasteiger partial charge on any atom is -0.0616 e. The summed E-state index contributed by atoms with van der Waals surface area (Å²) in [7, 11) is 0. The Kier molecular flexibility index (Phi) is 5.24. The lowest BCUT2D eigenvalue weighted by atomic mass is 9.92. The molecule has 0 heterocycles. The summed E-state index contributed by atoms with van der Waals surface area (Å²) in [6, 6.07) is 57.6. The van der Waals surface area contributed by atoms with Gasteiger partial charge in [0.25, 0.3) is 0 Å². The van der Waals surface area contributed by atoms with Crippen LogP contribution in [0.5, 0.6) is 0 Å². The number of rotatable bonds is 3. The normalized spacial score (nSPS) is 11.5. The van der Waals surface area contributed by atoms with Crippen molar-refractivity contribution in [2.45, 2.75) is 0 Å². The molecule has 0 aliphatic carbocycles. The lowest BCUT2D eigenvalue weighted by Gasteiger charge is -2.12. The van der Waals surface area contributed by atoms with Crippen LogP contribution in [0.2, 0.25) is 0 Å². The van der Waals surface area contributed by atoms with Crippen molar-refractivity contribution in [1.82, 2.24) is 0 Å². The van der Waals surface area contributed by atoms with Crippen LogP contribution >= 0.6 is 0 Å². The molecule has 0 aliphatic rings. The summed E-state index contributed by atoms with van der Waals surface area (Å²) in [5.41, 5.74) is 7.52. The zero-order chi connectivity index (χ0) is 26.5. The van der Waals surface area contributed by atoms with Gasteiger partial charge < -0.3 is 0 Å². The van der Waals surface area contributed by atoms with Crippen LogP contribution in [-0.4, -0.2) is 0 Å². The Hall–Kier alpha value is -5.20. The molecular formula is C40H26. The van der Waals surface area contributed by atoms with Gasteiger partial charge in [-0.2, -0.15) is 0 Å². The number of benzene rings is 8. The lowest BCUT2D eigenvalue weighted by Crippen LogP contribution is -1.86. The topological polar surface area (TPSA) is 0 Å². The second-order valence-electron chi connectivity index (χ2n) is 10.6. The Morgan fingerprint density at radius 1 is 0.225 bits per heavy atom. The van der Waals surface area contributed by atoms with E-state index in [1.807, 2.05) is 0 Å². The fraction of sp³-hybridized carbons (Fsp3) is 0. The van der Waals surface area contributed by atoms with Gasteiger partial charge in [-0.25, -0.2) is 0 Å². The van der Waals surface area contributed by atoms with Crippen molar-refractivity contribution in [3.05, 3.63) is 158 Å². The van der Waals surface area contributed by atoms with Crippen LogP contribution in [0.3, 0.4) is 0 Å². The van der Waals surface area contributed by atoms with E-state index >= 15 is 0 Å². The maximum absolute atomic E-state index is 2.33. The molecule has 0 atom stereocenters. The molecule has 8 aromatic carbocycles. The van der Waals surface area contributed by atoms with Gasteiger partial charge in [-0.3, -0.25) is 0 Å². The van der Waals surface area contributed by atoms with E-state index in [9.17, 15) is 0 Å². The van der Waals surface area contributed by atoms with Gasteiger partial charge in [-0.1, -0.05) is 140 Å². The van der Waals surface area contributed by atoms with Crippen molar-refractivity contribution in [1.29, 1.82) is 0 Å². The van der Waals surface area contributed by atoms with Gasteiger partial charge in [-0.05, 0) is 94.7 Å². The minimum atomic E-state index is 1.23. The van der Waals surface area contributed by atoms with Gasteiger partial charge in [0.05, 0.1) is 0 Å². The molecule has 0 heteroatoms. The molecule has 0 amide bonds. The zero-order valence-electron chi connectivity index (χ0n) is 22.0. The fourth-order valence-electron chi connectivity index (χ4n) is 6.21. The molecular weight excluding hydrogens is 480 g/mol. The van der Waals surface area contributed by atoms with Crippen molar-refractivity contribution in [3.63, 3.8) is 0 Å². The summed E-state index contributed by atoms with van der Waals surface area (Å²) in [5, 5.41) is 10.3. The summed E-state index contributed by atoms with van der Waals surface area (Å²) in [5.74, 6) is 0. The quantitative estimate of drug-likeness (QED) is 0.209. The van der Waals surface area contributed by atoms with Gasteiger partial charge in [0.2, 0.25) is 0 Å². The highest BCUT2D eigenvalue weighted by Gasteiger charge is 2.10. The Balaban J connectivity index is 1.16. The van der Waals surface area contributed by atoms with E-state index < -0.39 is 0 Å². The molecule has 0 nitrogen and oxygen atoms in total. The molecule has 40 heavy (non-hydrogen) atoms. The standard InChI is InChI=1S/C40H26/c1-3-11-35-28(8-1)10-7-15-36(35)34-23-22-31-24-30(20-21-32(31)25-34)27-16-18-29(19-17-27)40-26-33-9-2-4-12-37(33)38-13-5-6-14-39(38)40/h1-26H. The highest BCUT2D eigenvalue weighted by molar-refractivity contribution is 6.13. The monoisotopic (exact) mass is 506 g/mol. The third-order valence-electron chi connectivity index (χ3n) is 8.24. The predicted octanol–water partition coefficient (Wildman–Crippen LogP) is 11.3. The molecule has 0 spiro atoms. The highest BCUT2D eigenvalue weighted by Crippen LogP contribution is 2.36. The van der Waals surface area contributed by atoms with Gasteiger partial charge in [-0.15, -0.1) is 0 Å². The third-order valence-corrected chi connectivity index (χ3v) is 8.24. The van der Waals surface area contributed by atoms with Gasteiger partial charge in [0.15, 0.2) is 0 Å². The van der Waals surface area contributed by atoms with Gasteiger partial charge >= 0.3 is 0 Å². The molecule has 0 unspecified atom stereocenters. The van der Waals surface area contributed by atoms with Crippen LogP contribution in [-0.2, 0) is 0 Å². The van der Waals surface area contributed by atoms with Gasteiger partial charge in [0.1, 0.15) is 0 Å². The van der Waals surface area contributed by atoms with E-state index in [1.165, 1.54) is 76.5 Å². The second-order valence-corrected chi connectivity index (χ2v) is 10.6. The third kappa shape index (κ3) is 3.77. The van der Waals surface area contributed by atoms with E-state index in [-0.39, 0.29) is 0 Å². The average Bonchev–Trinajstić information content (AvgIpc) is 3.04. The molecule has 0 aromatic heterocycles. The first kappa shape index (κ1) is 22.8. The van der Waals surface area contributed by atoms with Crippen LogP contribution in [0.25, 0.3) is 76.5 Å². The molecule has 0 saturated heterocycles. The summed E-state index contributed by atoms with van der Waals surface area (Å²) in [4.78, 5) is 0. The molecule has 0 bridgehead atoms. The van der Waals surface area contributed by atoms with E-state index in [0.29, 0.717) is 0 Å². The van der Waals surface area contributed by atoms with Gasteiger partial charge in [0, 0.05) is 0 Å². The minimum absolute atomic E-state index is 1.23. The number of hydrogen-bond acceptors (Lipinski definition) is 0. The average molecular weight is 507 g/mol. The Morgan fingerprint density at radius 2 is 0.775 bits per heavy atom. The fourth-order valence-corrected chi connectivity index (χ4v) is 6.21. The number of hydrogen-bond donors (Lipinski definition) is 0. The zero-order valence-corrected chi connectivity index (χ0v) is 22.0. The Labute approximate surface area is 233 Å². The first-order chi connectivity index (χ1) is 19.8. The summed E-state index contributed by atoms with van der Waals surface area (Å²) < 4.78 is 0. The van der Waals surface area contributed by atoms with Crippen molar-refractivity contribution in [2.24, 2.45) is 0 Å². The lowest BCUT2D eigenvalue weighted by molar-refractivity contribution is 1.62. The SMILES string of the molecule is c1ccc2c(-c3ccc4cc(-c5ccc(-c6cc7ccccc7c7ccccc67)cc5)ccc4c3)cccc2c1. The summed E-state index contributed by atoms with van der Waals surface area (Å²) >= 11 is 0. The van der Waals surface area contributed by atoms with Crippen LogP contribution in [0.15, 0.2) is 158 Å². The van der Waals surface area contributed by atoms with Crippen molar-refractivity contribution in [3.8, 4) is 33.4 Å². The molecule has 8 rings (SSSR count). The Bertz CT molecular complexity index is 2190. The van der Waals surface area contributed by atoms with E-state index in [4.69, 9.17) is 0 Å². The number of fused-ring (bicyclic) bond motifs is 5. The summed E-state index contributed by atoms with van der Waals surface area (Å²) in [6.45, 7) is 0. The molecule has 0 radical (unpaired) electrons. The maximum Gasteiger partial charge on any atom is -0.00990 e. The van der Waals surface area contributed by atoms with Crippen molar-refractivity contribution in [2.75, 3.05) is 0 Å². The molecule has 0 saturated carbocycles. The molecule has 186 valence electrons. The van der Waals surface area contributed by atoms with E-state index in [2.05, 4.69) is 158 Å². The highest BCUT2D eigenvalue weighted by atomic mass is 14.1. The van der Waals surface area contributed by atoms with E-state index in [0.717, 1.165) is 0 Å². The molecule has 8 aromatic rings. The molecule has 0 fully saturated rings. The molecule has 0 aliphatic heterocycles. The maximum atomic E-state index is 2.33. The first-order valence-electron chi connectivity index (χ1n) is 13.9. The van der Waals surface area contributed by atoms with Crippen LogP contribution < -0.4 is 0 Å². The molecule has 0 N–H and O–H groups in total. The smallest absolute Gasteiger partial charge is 0.00990 e. The van der Waals surface area contributed by atoms with Crippen molar-refractivity contribution < 1.29 is 0 Å². The summed E-state index contributed by atoms with van der Waals surface area (Å²) in [6.07, 6.45) is 0. The predicted molar refractivity (Wildman–Crippen MR) is 173 cm³/mol. The van der Waals surface area contributed by atoms with Crippen LogP contribution in [0.1, 0.15) is 0 Å². The van der Waals surface area contributed by atoms with Crippen LogP contribution in [0.4, 0.5) is 0 Å². The second kappa shape index (κ2) is 9.22.